The van der Waals surface area contributed by atoms with Gasteiger partial charge in [0.2, 0.25) is 0 Å². The summed E-state index contributed by atoms with van der Waals surface area (Å²) >= 11 is 0. The molecule has 0 fully saturated rings. The van der Waals surface area contributed by atoms with Gasteiger partial charge >= 0.3 is 0 Å². The van der Waals surface area contributed by atoms with E-state index in [9.17, 15) is 0 Å². The Hall–Kier alpha value is -1.18. The first-order chi connectivity index (χ1) is 9.52. The monoisotopic (exact) mass is 283 g/mol. The lowest BCUT2D eigenvalue weighted by molar-refractivity contribution is 0.413. The van der Waals surface area contributed by atoms with Crippen LogP contribution in [0.25, 0.3) is 0 Å². The minimum Gasteiger partial charge on any atom is -0.494 e. The third-order valence-corrected chi connectivity index (χ3v) is 1.78. The maximum absolute atomic E-state index is 5.27. The summed E-state index contributed by atoms with van der Waals surface area (Å²) in [6.07, 6.45) is 0. The Balaban J connectivity index is -0.000000306. The molecule has 1 rings (SSSR count). The maximum Gasteiger partial charge on any atom is 0.144 e. The highest BCUT2D eigenvalue weighted by atomic mass is 16.5. The van der Waals surface area contributed by atoms with Crippen LogP contribution in [-0.2, 0) is 0 Å². The van der Waals surface area contributed by atoms with Crippen molar-refractivity contribution < 1.29 is 4.74 Å². The zero-order valence-corrected chi connectivity index (χ0v) is 15.4. The Morgan fingerprint density at radius 1 is 1.05 bits per heavy atom. The van der Waals surface area contributed by atoms with Crippen molar-refractivity contribution in [2.24, 2.45) is 5.92 Å². The van der Waals surface area contributed by atoms with E-state index in [1.54, 1.807) is 7.11 Å². The van der Waals surface area contributed by atoms with Crippen LogP contribution >= 0.6 is 0 Å². The lowest BCUT2D eigenvalue weighted by atomic mass is 10.2. The van der Waals surface area contributed by atoms with E-state index in [-0.39, 0.29) is 0 Å². The quantitative estimate of drug-likeness (QED) is 0.718. The molecule has 1 aromatic carbocycles. The minimum absolute atomic E-state index is 0.833. The first-order valence-electron chi connectivity index (χ1n) is 7.90. The molecular weight excluding hydrogens is 246 g/mol. The second kappa shape index (κ2) is 17.8. The van der Waals surface area contributed by atoms with Gasteiger partial charge in [0.1, 0.15) is 5.75 Å². The molecule has 0 bridgehead atoms. The van der Waals surface area contributed by atoms with Crippen LogP contribution in [0.15, 0.2) is 18.2 Å². The zero-order valence-electron chi connectivity index (χ0n) is 15.4. The lowest BCUT2D eigenvalue weighted by Crippen LogP contribution is -2.00. The third-order valence-electron chi connectivity index (χ3n) is 1.78. The summed E-state index contributed by atoms with van der Waals surface area (Å²) in [4.78, 5) is 0. The first kappa shape index (κ1) is 23.9. The molecule has 0 aliphatic heterocycles. The van der Waals surface area contributed by atoms with Crippen LogP contribution < -0.4 is 10.1 Å². The number of hydrogen-bond acceptors (Lipinski definition) is 2. The Morgan fingerprint density at radius 2 is 1.50 bits per heavy atom. The number of hydrogen-bond donors (Lipinski definition) is 1. The summed E-state index contributed by atoms with van der Waals surface area (Å²) in [5.41, 5.74) is 2.23. The van der Waals surface area contributed by atoms with Crippen molar-refractivity contribution in [2.45, 2.75) is 62.3 Å². The normalized spacial score (nSPS) is 8.15. The summed E-state index contributed by atoms with van der Waals surface area (Å²) in [7, 11) is 1.70. The molecule has 2 nitrogen and oxygen atoms in total. The van der Waals surface area contributed by atoms with Gasteiger partial charge in [0.05, 0.1) is 12.8 Å². The van der Waals surface area contributed by atoms with Crippen molar-refractivity contribution in [3.8, 4) is 5.75 Å². The van der Waals surface area contributed by atoms with E-state index >= 15 is 0 Å². The van der Waals surface area contributed by atoms with E-state index in [0.29, 0.717) is 0 Å². The molecule has 2 heteroatoms. The highest BCUT2D eigenvalue weighted by Crippen LogP contribution is 2.27. The van der Waals surface area contributed by atoms with Gasteiger partial charge in [-0.05, 0) is 31.4 Å². The average molecular weight is 284 g/mol. The summed E-state index contributed by atoms with van der Waals surface area (Å²) < 4.78 is 5.27. The van der Waals surface area contributed by atoms with Gasteiger partial charge in [-0.3, -0.25) is 0 Å². The molecule has 0 aliphatic rings. The van der Waals surface area contributed by atoms with Crippen molar-refractivity contribution >= 4 is 5.69 Å². The lowest BCUT2D eigenvalue weighted by Gasteiger charge is -2.11. The molecule has 0 atom stereocenters. The van der Waals surface area contributed by atoms with Crippen molar-refractivity contribution in [3.63, 3.8) is 0 Å². The fourth-order valence-electron chi connectivity index (χ4n) is 1.25. The van der Waals surface area contributed by atoms with Crippen molar-refractivity contribution in [2.75, 3.05) is 19.0 Å². The van der Waals surface area contributed by atoms with Crippen molar-refractivity contribution in [3.05, 3.63) is 23.8 Å². The van der Waals surface area contributed by atoms with Crippen molar-refractivity contribution in [1.82, 2.24) is 0 Å². The Bertz CT molecular complexity index is 293. The summed E-state index contributed by atoms with van der Waals surface area (Å²) in [5, 5.41) is 3.24. The van der Waals surface area contributed by atoms with E-state index in [1.807, 2.05) is 52.8 Å². The molecule has 0 aliphatic carbocycles. The molecular formula is C18H37NO. The van der Waals surface area contributed by atoms with E-state index in [2.05, 4.69) is 33.0 Å². The van der Waals surface area contributed by atoms with Gasteiger partial charge in [0.15, 0.2) is 0 Å². The molecule has 0 radical (unpaired) electrons. The number of aryl methyl sites for hydroxylation is 1. The summed E-state index contributed by atoms with van der Waals surface area (Å²) in [6.45, 7) is 19.5. The smallest absolute Gasteiger partial charge is 0.144 e. The van der Waals surface area contributed by atoms with Crippen molar-refractivity contribution in [1.29, 1.82) is 0 Å². The average Bonchev–Trinajstić information content (AvgIpc) is 2.43. The SMILES string of the molecule is CC.CC.CC(C)C.CCNc1cccc(C)c1OC. The maximum atomic E-state index is 5.27. The molecule has 0 amide bonds. The standard InChI is InChI=1S/C10H15NO.C4H10.2C2H6/c1-4-11-9-7-5-6-8(2)10(9)12-3;1-4(2)3;2*1-2/h5-7,11H,4H2,1-3H3;4H,1-3H3;2*1-2H3. The second-order valence-electron chi connectivity index (χ2n) is 4.42. The minimum atomic E-state index is 0.833. The van der Waals surface area contributed by atoms with Crippen LogP contribution in [0, 0.1) is 12.8 Å². The number of nitrogens with one attached hydrogen (secondary N) is 1. The largest absolute Gasteiger partial charge is 0.494 e. The van der Waals surface area contributed by atoms with Gasteiger partial charge in [-0.2, -0.15) is 0 Å². The highest BCUT2D eigenvalue weighted by molar-refractivity contribution is 5.59. The van der Waals surface area contributed by atoms with Crippen LogP contribution in [0.3, 0.4) is 0 Å². The number of benzene rings is 1. The fourth-order valence-corrected chi connectivity index (χ4v) is 1.25. The van der Waals surface area contributed by atoms with Crippen LogP contribution in [0.5, 0.6) is 5.75 Å². The fraction of sp³-hybridized carbons (Fsp3) is 0.667. The number of para-hydroxylation sites is 1. The second-order valence-corrected chi connectivity index (χ2v) is 4.42. The van der Waals surface area contributed by atoms with Crippen LogP contribution in [0.4, 0.5) is 5.69 Å². The van der Waals surface area contributed by atoms with Gasteiger partial charge < -0.3 is 10.1 Å². The molecule has 1 N–H and O–H groups in total. The number of anilines is 1. The number of methoxy groups -OCH3 is 1. The van der Waals surface area contributed by atoms with Crippen LogP contribution in [-0.4, -0.2) is 13.7 Å². The van der Waals surface area contributed by atoms with Gasteiger partial charge in [0, 0.05) is 6.54 Å². The Morgan fingerprint density at radius 3 is 1.85 bits per heavy atom. The van der Waals surface area contributed by atoms with Gasteiger partial charge in [0.25, 0.3) is 0 Å². The molecule has 0 unspecified atom stereocenters. The Kier molecular flexibility index (Phi) is 21.3. The molecule has 0 heterocycles. The Labute approximate surface area is 127 Å². The molecule has 0 saturated heterocycles. The highest BCUT2D eigenvalue weighted by Gasteiger charge is 2.02. The first-order valence-corrected chi connectivity index (χ1v) is 7.90. The zero-order chi connectivity index (χ0) is 16.6. The van der Waals surface area contributed by atoms with E-state index in [1.165, 1.54) is 0 Å². The summed E-state index contributed by atoms with van der Waals surface area (Å²) in [6, 6.07) is 6.09. The van der Waals surface area contributed by atoms with E-state index < -0.39 is 0 Å². The number of rotatable bonds is 3. The molecule has 120 valence electrons. The third kappa shape index (κ3) is 13.3. The van der Waals surface area contributed by atoms with Gasteiger partial charge in [-0.15, -0.1) is 0 Å². The number of ether oxygens (including phenoxy) is 1. The molecule has 1 aromatic rings. The molecule has 0 spiro atoms. The predicted octanol–water partition coefficient (Wildman–Crippen LogP) is 6.15. The predicted molar refractivity (Wildman–Crippen MR) is 95.1 cm³/mol. The van der Waals surface area contributed by atoms with E-state index in [4.69, 9.17) is 4.74 Å². The summed E-state index contributed by atoms with van der Waals surface area (Å²) in [5.74, 6) is 1.78. The van der Waals surface area contributed by atoms with E-state index in [0.717, 1.165) is 29.5 Å². The van der Waals surface area contributed by atoms with Gasteiger partial charge in [-0.25, -0.2) is 0 Å². The topological polar surface area (TPSA) is 21.3 Å². The molecule has 0 aromatic heterocycles. The van der Waals surface area contributed by atoms with Crippen LogP contribution in [0.2, 0.25) is 0 Å². The van der Waals surface area contributed by atoms with Crippen LogP contribution in [0.1, 0.15) is 61.0 Å². The molecule has 20 heavy (non-hydrogen) atoms. The molecule has 0 saturated carbocycles. The van der Waals surface area contributed by atoms with Gasteiger partial charge in [-0.1, -0.05) is 60.6 Å².